The molecule has 0 aromatic carbocycles. The van der Waals surface area contributed by atoms with Crippen molar-refractivity contribution in [3.05, 3.63) is 11.1 Å². The molecule has 1 heterocycles. The first-order valence-electron chi connectivity index (χ1n) is 8.99. The van der Waals surface area contributed by atoms with Crippen molar-refractivity contribution < 1.29 is 13.6 Å². The first kappa shape index (κ1) is 22.0. The van der Waals surface area contributed by atoms with Crippen LogP contribution < -0.4 is 0 Å². The van der Waals surface area contributed by atoms with E-state index in [1.165, 1.54) is 38.4 Å². The molecule has 24 heavy (non-hydrogen) atoms. The number of nitrogens with zero attached hydrogens (tertiary/aromatic N) is 1. The van der Waals surface area contributed by atoms with Gasteiger partial charge >= 0.3 is 0 Å². The predicted octanol–water partition coefficient (Wildman–Crippen LogP) is 4.94. The average Bonchev–Trinajstić information content (AvgIpc) is 2.58. The van der Waals surface area contributed by atoms with Gasteiger partial charge in [-0.2, -0.15) is 0 Å². The molecule has 141 valence electrons. The molecule has 0 aromatic heterocycles. The monoisotopic (exact) mass is 376 g/mol. The van der Waals surface area contributed by atoms with Crippen molar-refractivity contribution in [1.82, 2.24) is 5.06 Å². The fourth-order valence-corrected chi connectivity index (χ4v) is 5.51. The van der Waals surface area contributed by atoms with Crippen LogP contribution in [0.1, 0.15) is 79.6 Å². The minimum absolute atomic E-state index is 0.388. The standard InChI is InChI=1S/C18H34NO3S2/c1-7-8-9-10-11-12-13-15-16(14-23-24(6,21)22)18(4,5)19(20)17(15,2)3/h7-14H2,1-6H3. The van der Waals surface area contributed by atoms with Gasteiger partial charge in [-0.3, -0.25) is 0 Å². The third-order valence-electron chi connectivity index (χ3n) is 5.05. The van der Waals surface area contributed by atoms with E-state index < -0.39 is 19.9 Å². The number of rotatable bonds is 10. The van der Waals surface area contributed by atoms with Gasteiger partial charge in [0, 0.05) is 12.0 Å². The topological polar surface area (TPSA) is 57.3 Å². The average molecular weight is 377 g/mol. The van der Waals surface area contributed by atoms with E-state index in [2.05, 4.69) is 6.92 Å². The lowest BCUT2D eigenvalue weighted by Crippen LogP contribution is -2.47. The summed E-state index contributed by atoms with van der Waals surface area (Å²) in [7, 11) is -2.17. The van der Waals surface area contributed by atoms with E-state index in [1.807, 2.05) is 27.7 Å². The number of unbranched alkanes of at least 4 members (excludes halogenated alkanes) is 5. The maximum atomic E-state index is 12.8. The smallest absolute Gasteiger partial charge is 0.199 e. The second-order valence-electron chi connectivity index (χ2n) is 7.85. The van der Waals surface area contributed by atoms with Crippen molar-refractivity contribution >= 4 is 19.7 Å². The van der Waals surface area contributed by atoms with Crippen LogP contribution in [0.2, 0.25) is 0 Å². The van der Waals surface area contributed by atoms with Gasteiger partial charge in [-0.05, 0) is 62.5 Å². The van der Waals surface area contributed by atoms with Crippen LogP contribution in [0, 0.1) is 0 Å². The van der Waals surface area contributed by atoms with Gasteiger partial charge in [0.2, 0.25) is 0 Å². The molecule has 1 radical (unpaired) electrons. The van der Waals surface area contributed by atoms with Crippen molar-refractivity contribution in [2.75, 3.05) is 12.0 Å². The highest BCUT2D eigenvalue weighted by Gasteiger charge is 2.51. The minimum Gasteiger partial charge on any atom is -0.218 e. The summed E-state index contributed by atoms with van der Waals surface area (Å²) in [5.41, 5.74) is 0.958. The molecule has 0 amide bonds. The Bertz CT molecular complexity index is 551. The molecule has 0 aromatic rings. The molecule has 0 spiro atoms. The SMILES string of the molecule is CCCCCCCCC1=C(CSS(C)(=O)=O)C(C)(C)N([O])C1(C)C. The zero-order valence-electron chi connectivity index (χ0n) is 16.1. The van der Waals surface area contributed by atoms with Crippen LogP contribution in [0.4, 0.5) is 0 Å². The molecule has 1 aliphatic rings. The highest BCUT2D eigenvalue weighted by Crippen LogP contribution is 2.47. The van der Waals surface area contributed by atoms with Gasteiger partial charge in [0.05, 0.1) is 11.1 Å². The molecular formula is C18H34NO3S2. The summed E-state index contributed by atoms with van der Waals surface area (Å²) < 4.78 is 23.1. The second kappa shape index (κ2) is 8.56. The van der Waals surface area contributed by atoms with E-state index in [0.29, 0.717) is 5.75 Å². The number of hydrogen-bond donors (Lipinski definition) is 0. The van der Waals surface area contributed by atoms with E-state index in [0.717, 1.165) is 39.8 Å². The van der Waals surface area contributed by atoms with Gasteiger partial charge in [0.15, 0.2) is 8.87 Å². The molecule has 1 aliphatic heterocycles. The third kappa shape index (κ3) is 5.48. The van der Waals surface area contributed by atoms with Gasteiger partial charge in [-0.1, -0.05) is 39.0 Å². The predicted molar refractivity (Wildman–Crippen MR) is 103 cm³/mol. The van der Waals surface area contributed by atoms with E-state index in [-0.39, 0.29) is 0 Å². The minimum atomic E-state index is -3.11. The lowest BCUT2D eigenvalue weighted by atomic mass is 9.87. The van der Waals surface area contributed by atoms with Crippen LogP contribution in [0.5, 0.6) is 0 Å². The Morgan fingerprint density at radius 3 is 1.96 bits per heavy atom. The highest BCUT2D eigenvalue weighted by atomic mass is 33.1. The van der Waals surface area contributed by atoms with Crippen LogP contribution >= 0.6 is 10.8 Å². The quantitative estimate of drug-likeness (QED) is 0.308. The molecule has 0 saturated carbocycles. The molecule has 0 fully saturated rings. The van der Waals surface area contributed by atoms with Gasteiger partial charge in [-0.25, -0.2) is 8.42 Å². The Balaban J connectivity index is 2.87. The summed E-state index contributed by atoms with van der Waals surface area (Å²) in [5.74, 6) is 0.388. The van der Waals surface area contributed by atoms with E-state index in [4.69, 9.17) is 0 Å². The lowest BCUT2D eigenvalue weighted by Gasteiger charge is -2.34. The fraction of sp³-hybridized carbons (Fsp3) is 0.889. The Morgan fingerprint density at radius 1 is 0.917 bits per heavy atom. The van der Waals surface area contributed by atoms with Crippen LogP contribution in [-0.4, -0.2) is 36.6 Å². The molecule has 0 aliphatic carbocycles. The summed E-state index contributed by atoms with van der Waals surface area (Å²) in [6, 6.07) is 0. The summed E-state index contributed by atoms with van der Waals surface area (Å²) in [5, 5.41) is 13.9. The zero-order chi connectivity index (χ0) is 18.6. The van der Waals surface area contributed by atoms with Crippen LogP contribution in [0.25, 0.3) is 0 Å². The highest BCUT2D eigenvalue weighted by molar-refractivity contribution is 8.71. The van der Waals surface area contributed by atoms with E-state index in [9.17, 15) is 13.6 Å². The summed E-state index contributed by atoms with van der Waals surface area (Å²) in [4.78, 5) is 0. The van der Waals surface area contributed by atoms with Gasteiger partial charge in [0.25, 0.3) is 0 Å². The van der Waals surface area contributed by atoms with Crippen molar-refractivity contribution in [2.45, 2.75) is 90.6 Å². The second-order valence-corrected chi connectivity index (χ2v) is 12.3. The number of hydrogen-bond acceptors (Lipinski definition) is 4. The Morgan fingerprint density at radius 2 is 1.42 bits per heavy atom. The normalized spacial score (nSPS) is 20.8. The van der Waals surface area contributed by atoms with Crippen LogP contribution in [0.15, 0.2) is 11.1 Å². The molecule has 0 bridgehead atoms. The Kier molecular flexibility index (Phi) is 7.85. The largest absolute Gasteiger partial charge is 0.218 e. The van der Waals surface area contributed by atoms with Crippen molar-refractivity contribution in [1.29, 1.82) is 0 Å². The van der Waals surface area contributed by atoms with Crippen LogP contribution in [-0.2, 0) is 14.1 Å². The van der Waals surface area contributed by atoms with Crippen molar-refractivity contribution in [2.24, 2.45) is 0 Å². The van der Waals surface area contributed by atoms with Gasteiger partial charge < -0.3 is 0 Å². The maximum Gasteiger partial charge on any atom is 0.199 e. The van der Waals surface area contributed by atoms with Crippen molar-refractivity contribution in [3.8, 4) is 0 Å². The molecule has 6 heteroatoms. The molecule has 0 saturated heterocycles. The van der Waals surface area contributed by atoms with Gasteiger partial charge in [-0.15, -0.1) is 10.3 Å². The van der Waals surface area contributed by atoms with Crippen LogP contribution in [0.3, 0.4) is 0 Å². The Labute approximate surface area is 152 Å². The molecule has 0 unspecified atom stereocenters. The Hall–Kier alpha value is -0.0400. The first-order chi connectivity index (χ1) is 10.9. The summed E-state index contributed by atoms with van der Waals surface area (Å²) in [6.07, 6.45) is 9.39. The molecule has 4 nitrogen and oxygen atoms in total. The fourth-order valence-electron chi connectivity index (χ4n) is 3.65. The zero-order valence-corrected chi connectivity index (χ0v) is 17.8. The van der Waals surface area contributed by atoms with E-state index in [1.54, 1.807) is 0 Å². The molecule has 1 rings (SSSR count). The maximum absolute atomic E-state index is 12.8. The number of hydroxylamine groups is 2. The molecule has 0 N–H and O–H groups in total. The van der Waals surface area contributed by atoms with Gasteiger partial charge in [0.1, 0.15) is 0 Å². The summed E-state index contributed by atoms with van der Waals surface area (Å²) >= 11 is 0. The third-order valence-corrected chi connectivity index (χ3v) is 7.53. The first-order valence-corrected chi connectivity index (χ1v) is 12.4. The lowest BCUT2D eigenvalue weighted by molar-refractivity contribution is -0.240. The van der Waals surface area contributed by atoms with Crippen molar-refractivity contribution in [3.63, 3.8) is 0 Å². The molecule has 0 atom stereocenters. The van der Waals surface area contributed by atoms with E-state index >= 15 is 0 Å². The summed E-state index contributed by atoms with van der Waals surface area (Å²) in [6.45, 7) is 9.96. The molecular weight excluding hydrogens is 342 g/mol.